The third-order valence-corrected chi connectivity index (χ3v) is 4.78. The Morgan fingerprint density at radius 3 is 2.85 bits per heavy atom. The first kappa shape index (κ1) is 15.4. The Hall–Kier alpha value is -0.980. The molecule has 20 heavy (non-hydrogen) atoms. The van der Waals surface area contributed by atoms with Crippen LogP contribution in [0.2, 0.25) is 0 Å². The van der Waals surface area contributed by atoms with Gasteiger partial charge in [0.25, 0.3) is 0 Å². The fourth-order valence-electron chi connectivity index (χ4n) is 3.18. The predicted octanol–water partition coefficient (Wildman–Crippen LogP) is 5.58. The lowest BCUT2D eigenvalue weighted by Gasteiger charge is -2.21. The molecule has 1 N–H and O–H groups in total. The summed E-state index contributed by atoms with van der Waals surface area (Å²) in [5.41, 5.74) is 4.58. The van der Waals surface area contributed by atoms with E-state index in [2.05, 4.69) is 37.4 Å². The number of rotatable bonds is 8. The average Bonchev–Trinajstić information content (AvgIpc) is 2.50. The zero-order valence-corrected chi connectivity index (χ0v) is 13.4. The molecule has 112 valence electrons. The van der Waals surface area contributed by atoms with Crippen LogP contribution in [0, 0.1) is 5.92 Å². The van der Waals surface area contributed by atoms with Crippen LogP contribution < -0.4 is 5.32 Å². The van der Waals surface area contributed by atoms with Gasteiger partial charge in [-0.15, -0.1) is 0 Å². The highest BCUT2D eigenvalue weighted by atomic mass is 14.9. The van der Waals surface area contributed by atoms with E-state index >= 15 is 0 Å². The lowest BCUT2D eigenvalue weighted by atomic mass is 9.93. The molecular formula is C19H31N. The number of benzene rings is 1. The van der Waals surface area contributed by atoms with Crippen molar-refractivity contribution in [3.63, 3.8) is 0 Å². The van der Waals surface area contributed by atoms with E-state index in [1.54, 1.807) is 11.1 Å². The normalized spacial score (nSPS) is 15.5. The zero-order valence-electron chi connectivity index (χ0n) is 13.4. The highest BCUT2D eigenvalue weighted by molar-refractivity contribution is 5.56. The average molecular weight is 273 g/mol. The molecule has 0 aliphatic carbocycles. The van der Waals surface area contributed by atoms with Crippen molar-refractivity contribution < 1.29 is 0 Å². The molecule has 0 fully saturated rings. The van der Waals surface area contributed by atoms with Crippen molar-refractivity contribution >= 4 is 5.69 Å². The maximum Gasteiger partial charge on any atom is 0.0375 e. The largest absolute Gasteiger partial charge is 0.385 e. The zero-order chi connectivity index (χ0) is 14.2. The number of hydrogen-bond donors (Lipinski definition) is 1. The van der Waals surface area contributed by atoms with E-state index in [0.717, 1.165) is 12.5 Å². The van der Waals surface area contributed by atoms with Gasteiger partial charge in [0.05, 0.1) is 0 Å². The summed E-state index contributed by atoms with van der Waals surface area (Å²) in [6.07, 6.45) is 12.2. The second kappa shape index (κ2) is 8.34. The number of unbranched alkanes of at least 4 members (excludes halogenated alkanes) is 3. The first-order valence-electron chi connectivity index (χ1n) is 8.66. The highest BCUT2D eigenvalue weighted by Crippen LogP contribution is 2.26. The Morgan fingerprint density at radius 1 is 1.15 bits per heavy atom. The van der Waals surface area contributed by atoms with Crippen molar-refractivity contribution in [2.24, 2.45) is 5.92 Å². The second-order valence-corrected chi connectivity index (χ2v) is 6.44. The molecule has 1 aromatic carbocycles. The molecule has 1 atom stereocenters. The van der Waals surface area contributed by atoms with E-state index in [1.165, 1.54) is 63.5 Å². The molecule has 0 aromatic heterocycles. The van der Waals surface area contributed by atoms with Gasteiger partial charge in [0.1, 0.15) is 0 Å². The molecule has 1 nitrogen and oxygen atoms in total. The quantitative estimate of drug-likeness (QED) is 0.609. The van der Waals surface area contributed by atoms with E-state index in [4.69, 9.17) is 0 Å². The third-order valence-electron chi connectivity index (χ3n) is 4.78. The number of anilines is 1. The highest BCUT2D eigenvalue weighted by Gasteiger charge is 2.11. The van der Waals surface area contributed by atoms with Gasteiger partial charge < -0.3 is 5.32 Å². The van der Waals surface area contributed by atoms with Gasteiger partial charge in [-0.2, -0.15) is 0 Å². The molecular weight excluding hydrogens is 242 g/mol. The van der Waals surface area contributed by atoms with E-state index in [0.29, 0.717) is 0 Å². The van der Waals surface area contributed by atoms with Gasteiger partial charge in [-0.3, -0.25) is 0 Å². The maximum atomic E-state index is 3.53. The van der Waals surface area contributed by atoms with Crippen LogP contribution in [0.3, 0.4) is 0 Å². The molecule has 0 unspecified atom stereocenters. The standard InChI is InChI=1S/C19H31N/c1-3-16(2)10-6-4-5-7-11-17-12-8-14-19-18(17)13-9-15-20-19/h8,12,14,16,20H,3-7,9-11,13,15H2,1-2H3/t16-/m1/s1. The van der Waals surface area contributed by atoms with Crippen molar-refractivity contribution in [1.82, 2.24) is 0 Å². The summed E-state index contributed by atoms with van der Waals surface area (Å²) in [5.74, 6) is 0.919. The van der Waals surface area contributed by atoms with Crippen LogP contribution in [-0.2, 0) is 12.8 Å². The van der Waals surface area contributed by atoms with Gasteiger partial charge in [0.15, 0.2) is 0 Å². The Bertz CT molecular complexity index is 397. The minimum atomic E-state index is 0.919. The Morgan fingerprint density at radius 2 is 2.00 bits per heavy atom. The van der Waals surface area contributed by atoms with E-state index in [1.807, 2.05) is 0 Å². The van der Waals surface area contributed by atoms with E-state index in [-0.39, 0.29) is 0 Å². The van der Waals surface area contributed by atoms with Gasteiger partial charge in [0, 0.05) is 12.2 Å². The van der Waals surface area contributed by atoms with Gasteiger partial charge in [-0.25, -0.2) is 0 Å². The molecule has 2 rings (SSSR count). The molecule has 0 saturated carbocycles. The maximum absolute atomic E-state index is 3.53. The van der Waals surface area contributed by atoms with Crippen LogP contribution in [0.25, 0.3) is 0 Å². The van der Waals surface area contributed by atoms with E-state index in [9.17, 15) is 0 Å². The number of hydrogen-bond acceptors (Lipinski definition) is 1. The van der Waals surface area contributed by atoms with Gasteiger partial charge in [0.2, 0.25) is 0 Å². The molecule has 0 spiro atoms. The first-order valence-corrected chi connectivity index (χ1v) is 8.66. The fraction of sp³-hybridized carbons (Fsp3) is 0.684. The molecule has 1 aliphatic heterocycles. The van der Waals surface area contributed by atoms with Crippen molar-refractivity contribution in [3.05, 3.63) is 29.3 Å². The van der Waals surface area contributed by atoms with Crippen molar-refractivity contribution in [3.8, 4) is 0 Å². The second-order valence-electron chi connectivity index (χ2n) is 6.44. The summed E-state index contributed by atoms with van der Waals surface area (Å²) in [6.45, 7) is 5.83. The molecule has 1 aliphatic rings. The summed E-state index contributed by atoms with van der Waals surface area (Å²) in [6, 6.07) is 6.80. The molecule has 0 saturated heterocycles. The van der Waals surface area contributed by atoms with Gasteiger partial charge >= 0.3 is 0 Å². The van der Waals surface area contributed by atoms with Crippen LogP contribution in [0.5, 0.6) is 0 Å². The summed E-state index contributed by atoms with van der Waals surface area (Å²) in [7, 11) is 0. The monoisotopic (exact) mass is 273 g/mol. The first-order chi connectivity index (χ1) is 9.81. The SMILES string of the molecule is CC[C@@H](C)CCCCCCc1cccc2c1CCCN2. The Balaban J connectivity index is 1.69. The van der Waals surface area contributed by atoms with E-state index < -0.39 is 0 Å². The van der Waals surface area contributed by atoms with Crippen LogP contribution in [0.15, 0.2) is 18.2 Å². The lowest BCUT2D eigenvalue weighted by Crippen LogP contribution is -2.13. The summed E-state index contributed by atoms with van der Waals surface area (Å²) in [5, 5.41) is 3.53. The van der Waals surface area contributed by atoms with Crippen LogP contribution in [0.1, 0.15) is 69.9 Å². The van der Waals surface area contributed by atoms with Gasteiger partial charge in [-0.1, -0.05) is 58.1 Å². The predicted molar refractivity (Wildman–Crippen MR) is 89.5 cm³/mol. The summed E-state index contributed by atoms with van der Waals surface area (Å²) >= 11 is 0. The lowest BCUT2D eigenvalue weighted by molar-refractivity contribution is 0.474. The third kappa shape index (κ3) is 4.54. The molecule has 0 radical (unpaired) electrons. The van der Waals surface area contributed by atoms with Crippen molar-refractivity contribution in [2.75, 3.05) is 11.9 Å². The molecule has 0 bridgehead atoms. The minimum absolute atomic E-state index is 0.919. The fourth-order valence-corrected chi connectivity index (χ4v) is 3.18. The number of aryl methyl sites for hydroxylation is 1. The van der Waals surface area contributed by atoms with Crippen LogP contribution >= 0.6 is 0 Å². The molecule has 1 heteroatoms. The molecule has 1 aromatic rings. The minimum Gasteiger partial charge on any atom is -0.385 e. The Kier molecular flexibility index (Phi) is 6.42. The topological polar surface area (TPSA) is 12.0 Å². The van der Waals surface area contributed by atoms with Crippen LogP contribution in [0.4, 0.5) is 5.69 Å². The van der Waals surface area contributed by atoms with Gasteiger partial charge in [-0.05, 0) is 48.8 Å². The number of fused-ring (bicyclic) bond motifs is 1. The van der Waals surface area contributed by atoms with Crippen molar-refractivity contribution in [1.29, 1.82) is 0 Å². The smallest absolute Gasteiger partial charge is 0.0375 e. The summed E-state index contributed by atoms with van der Waals surface area (Å²) in [4.78, 5) is 0. The van der Waals surface area contributed by atoms with Crippen molar-refractivity contribution in [2.45, 2.75) is 71.6 Å². The van der Waals surface area contributed by atoms with Crippen LogP contribution in [-0.4, -0.2) is 6.54 Å². The Labute approximate surface area is 125 Å². The molecule has 1 heterocycles. The molecule has 0 amide bonds. The number of nitrogens with one attached hydrogen (secondary N) is 1. The summed E-state index contributed by atoms with van der Waals surface area (Å²) < 4.78 is 0.